The monoisotopic (exact) mass is 1440 g/mol. The average Bonchev–Trinajstić information content (AvgIpc) is 1.69. The predicted octanol–water partition coefficient (Wildman–Crippen LogP) is 7.97. The van der Waals surface area contributed by atoms with Crippen LogP contribution < -0.4 is 36.4 Å². The first-order valence-electron chi connectivity index (χ1n) is 30.2. The minimum absolute atomic E-state index is 0. The highest BCUT2D eigenvalue weighted by Gasteiger charge is 2.25. The van der Waals surface area contributed by atoms with Gasteiger partial charge >= 0.3 is 0 Å². The zero-order valence-corrected chi connectivity index (χ0v) is 59.0. The van der Waals surface area contributed by atoms with Crippen LogP contribution in [0.1, 0.15) is 81.3 Å². The molecule has 515 valence electrons. The number of rotatable bonds is 24. The molecule has 0 spiro atoms. The number of aryl methyl sites for hydroxylation is 6. The molecule has 0 bridgehead atoms. The van der Waals surface area contributed by atoms with Crippen LogP contribution in [-0.4, -0.2) is 212 Å². The second-order valence-corrected chi connectivity index (χ2v) is 26.1. The summed E-state index contributed by atoms with van der Waals surface area (Å²) in [5, 5.41) is 45.9. The van der Waals surface area contributed by atoms with Gasteiger partial charge in [0, 0.05) is 130 Å². The van der Waals surface area contributed by atoms with E-state index < -0.39 is 0 Å². The lowest BCUT2D eigenvalue weighted by Gasteiger charge is -2.35. The molecule has 6 aromatic heterocycles. The molecule has 0 aliphatic carbocycles. The van der Waals surface area contributed by atoms with Crippen molar-refractivity contribution in [1.82, 2.24) is 60.0 Å². The quantitative estimate of drug-likeness (QED) is 0.0161. The fourth-order valence-corrected chi connectivity index (χ4v) is 13.4. The Morgan fingerprint density at radius 3 is 1.14 bits per heavy atom. The van der Waals surface area contributed by atoms with Gasteiger partial charge in [0.25, 0.3) is 0 Å². The number of piperazine rings is 2. The van der Waals surface area contributed by atoms with Gasteiger partial charge in [-0.2, -0.15) is 0 Å². The third-order valence-corrected chi connectivity index (χ3v) is 18.5. The van der Waals surface area contributed by atoms with E-state index in [9.17, 15) is 14.4 Å². The summed E-state index contributed by atoms with van der Waals surface area (Å²) in [7, 11) is 0. The van der Waals surface area contributed by atoms with E-state index in [1.165, 1.54) is 40.2 Å². The van der Waals surface area contributed by atoms with Crippen molar-refractivity contribution in [3.05, 3.63) is 172 Å². The molecule has 0 amide bonds. The number of ketones is 3. The number of carbonyl (C=O) groups is 3. The highest BCUT2D eigenvalue weighted by molar-refractivity contribution is 7.18. The van der Waals surface area contributed by atoms with E-state index in [2.05, 4.69) is 91.0 Å². The van der Waals surface area contributed by atoms with Crippen molar-refractivity contribution in [1.29, 1.82) is 0 Å². The van der Waals surface area contributed by atoms with Crippen LogP contribution in [0.5, 0.6) is 0 Å². The van der Waals surface area contributed by atoms with Crippen molar-refractivity contribution < 1.29 is 42.1 Å². The van der Waals surface area contributed by atoms with Crippen LogP contribution in [0.3, 0.4) is 0 Å². The number of aromatic nitrogens is 9. The fourth-order valence-electron chi connectivity index (χ4n) is 10.2. The van der Waals surface area contributed by atoms with E-state index in [0.29, 0.717) is 135 Å². The Kier molecular flexibility index (Phi) is 30.5. The zero-order chi connectivity index (χ0) is 66.8. The van der Waals surface area contributed by atoms with E-state index >= 15 is 0 Å². The van der Waals surface area contributed by atoms with Gasteiger partial charge in [0.1, 0.15) is 52.4 Å². The number of aliphatic hydroxyl groups is 3. The topological polar surface area (TPSA) is 364 Å². The highest BCUT2D eigenvalue weighted by atomic mass is 35.5. The first kappa shape index (κ1) is 78.2. The van der Waals surface area contributed by atoms with E-state index in [1.807, 2.05) is 83.1 Å². The molecular formula is C64H79BCl3N18O8S3. The molecule has 12 N–H and O–H groups in total. The minimum Gasteiger partial charge on any atom is -0.412 e. The first-order valence-corrected chi connectivity index (χ1v) is 33.8. The van der Waals surface area contributed by atoms with Gasteiger partial charge in [-0.1, -0.05) is 105 Å². The van der Waals surface area contributed by atoms with Gasteiger partial charge in [-0.15, -0.1) is 0 Å². The highest BCUT2D eigenvalue weighted by Crippen LogP contribution is 2.33. The molecule has 0 atom stereocenters. The van der Waals surface area contributed by atoms with Crippen molar-refractivity contribution in [2.24, 2.45) is 0 Å². The van der Waals surface area contributed by atoms with Gasteiger partial charge in [-0.05, 0) is 76.4 Å². The van der Waals surface area contributed by atoms with E-state index in [0.717, 1.165) is 80.7 Å². The number of hydrogen-bond acceptors (Lipinski definition) is 27. The molecule has 9 aromatic rings. The summed E-state index contributed by atoms with van der Waals surface area (Å²) in [6.45, 7) is 21.7. The Bertz CT molecular complexity index is 3850. The summed E-state index contributed by atoms with van der Waals surface area (Å²) in [4.78, 5) is 89.0. The molecule has 3 aromatic carbocycles. The van der Waals surface area contributed by atoms with Gasteiger partial charge < -0.3 is 62.7 Å². The molecule has 0 saturated carbocycles. The molecular weight excluding hydrogens is 1360 g/mol. The molecule has 8 heterocycles. The standard InChI is InChI=1S/2C22H25ClN6O2S.C20H23ClN6O2S.B.2H2O.H2/c2*1-14-4-3-5-16(23)20(14)21(31)17-13-24-22(32-17)27-18-12-19(26-15(2)25-18)29-8-6-28(7-9-29)10-11-30;1-12-4-3-5-14(21)18(12)19(29)15-11-24-20(30-15)27-17-10-16(25-13(2)26-17)23-7-6-22-8-9-28;;;;/h2*3-5,12-13,30H,6-11H2,1-2H3,(H,24,25,26,27);3-5,10-11,22,28H,6-9H2,1-2H3,(H2,23,24,25,26,27);;2*1H2;1H/i;;;;;;1+1. The van der Waals surface area contributed by atoms with E-state index in [4.69, 9.17) is 50.1 Å². The SMILES string of the molecule is Cc1nc(NCCNCCO)cc(Nc2ncc(C(=O)c3c(C)cccc3Cl)s2)n1.Cc1nc(Nc2ncc(C(=O)c3c(C)cccc3Cl)s2)cc(N2CCN(CCO)CC2)n1.Cc1nc(Nc2ncc(C(=O)c3c(C)cccc3Cl)s2)cc(N2CCN(CCO)CC2)n1.O.O.[2HH].[B]. The fraction of sp³-hybridized carbons (Fsp3) is 0.344. The molecule has 33 heteroatoms. The molecule has 26 nitrogen and oxygen atoms in total. The Balaban J connectivity index is 0.000000260. The van der Waals surface area contributed by atoms with Crippen LogP contribution in [-0.2, 0) is 0 Å². The molecule has 2 saturated heterocycles. The largest absolute Gasteiger partial charge is 0.412 e. The second kappa shape index (κ2) is 37.8. The Labute approximate surface area is 592 Å². The van der Waals surface area contributed by atoms with Gasteiger partial charge in [0.05, 0.1) is 68.1 Å². The third kappa shape index (κ3) is 21.6. The number of thiazole rings is 3. The van der Waals surface area contributed by atoms with Gasteiger partial charge in [0.15, 0.2) is 15.4 Å². The molecule has 0 unspecified atom stereocenters. The number of hydrogen-bond donors (Lipinski definition) is 8. The normalized spacial score (nSPS) is 12.9. The number of β-amino-alcohol motifs (C(OH)–C–C–N with tert-alkyl or cyclic N) is 2. The lowest BCUT2D eigenvalue weighted by Crippen LogP contribution is -2.47. The van der Waals surface area contributed by atoms with Crippen molar-refractivity contribution in [3.63, 3.8) is 0 Å². The van der Waals surface area contributed by atoms with Gasteiger partial charge in [-0.25, -0.2) is 44.9 Å². The number of nitrogens with one attached hydrogen (secondary N) is 5. The summed E-state index contributed by atoms with van der Waals surface area (Å²) >= 11 is 22.5. The lowest BCUT2D eigenvalue weighted by molar-refractivity contribution is 0.103. The first-order chi connectivity index (χ1) is 45.4. The summed E-state index contributed by atoms with van der Waals surface area (Å²) in [5.41, 5.74) is 4.00. The average molecular weight is 1440 g/mol. The van der Waals surface area contributed by atoms with Crippen LogP contribution >= 0.6 is 68.8 Å². The van der Waals surface area contributed by atoms with Crippen molar-refractivity contribution in [2.75, 3.05) is 136 Å². The molecule has 3 radical (unpaired) electrons. The van der Waals surface area contributed by atoms with Crippen LogP contribution in [0.15, 0.2) is 91.4 Å². The Morgan fingerprint density at radius 1 is 0.464 bits per heavy atom. The van der Waals surface area contributed by atoms with Gasteiger partial charge in [-0.3, -0.25) is 24.2 Å². The molecule has 11 rings (SSSR count). The molecule has 2 aliphatic rings. The number of nitrogens with zero attached hydrogens (tertiary/aromatic N) is 13. The smallest absolute Gasteiger partial charge is 0.206 e. The maximum atomic E-state index is 12.9. The minimum atomic E-state index is -0.153. The van der Waals surface area contributed by atoms with Crippen molar-refractivity contribution in [3.8, 4) is 0 Å². The summed E-state index contributed by atoms with van der Waals surface area (Å²) in [6, 6.07) is 21.8. The van der Waals surface area contributed by atoms with Crippen LogP contribution in [0.25, 0.3) is 0 Å². The van der Waals surface area contributed by atoms with Crippen LogP contribution in [0.2, 0.25) is 15.1 Å². The number of aliphatic hydroxyl groups excluding tert-OH is 3. The van der Waals surface area contributed by atoms with E-state index in [-0.39, 0.29) is 58.0 Å². The number of anilines is 9. The third-order valence-electron chi connectivity index (χ3n) is 14.8. The van der Waals surface area contributed by atoms with E-state index in [1.54, 1.807) is 43.6 Å². The zero-order valence-electron chi connectivity index (χ0n) is 54.3. The maximum Gasteiger partial charge on any atom is 0.206 e. The molecule has 2 aliphatic heterocycles. The van der Waals surface area contributed by atoms with Crippen LogP contribution in [0.4, 0.5) is 50.3 Å². The maximum absolute atomic E-state index is 12.9. The second-order valence-electron chi connectivity index (χ2n) is 21.8. The van der Waals surface area contributed by atoms with Crippen molar-refractivity contribution >= 4 is 145 Å². The number of halogens is 3. The summed E-state index contributed by atoms with van der Waals surface area (Å²) in [5.74, 6) is 5.70. The van der Waals surface area contributed by atoms with Gasteiger partial charge in [0.2, 0.25) is 17.3 Å². The molecule has 97 heavy (non-hydrogen) atoms. The lowest BCUT2D eigenvalue weighted by atomic mass is 10.0. The number of carbonyl (C=O) groups excluding carboxylic acids is 3. The Morgan fingerprint density at radius 2 is 0.804 bits per heavy atom. The van der Waals surface area contributed by atoms with Crippen LogP contribution in [0, 0.1) is 41.5 Å². The molecule has 2 fully saturated rings. The summed E-state index contributed by atoms with van der Waals surface area (Å²) in [6.07, 6.45) is 4.67. The van der Waals surface area contributed by atoms with Crippen molar-refractivity contribution in [2.45, 2.75) is 41.5 Å². The predicted molar refractivity (Wildman–Crippen MR) is 390 cm³/mol. The number of benzene rings is 3. The Hall–Kier alpha value is -7.79. The summed E-state index contributed by atoms with van der Waals surface area (Å²) < 4.78 is 0.